The van der Waals surface area contributed by atoms with Gasteiger partial charge in [0.25, 0.3) is 0 Å². The van der Waals surface area contributed by atoms with Gasteiger partial charge in [0.2, 0.25) is 0 Å². The number of nitrogens with one attached hydrogen (secondary N) is 2. The number of fused-ring (bicyclic) bond motifs is 1. The standard InChI is InChI=1S/C21H27N3O2/c1-21(2)13-18(17-10-5-6-11-19(17)26-21)24-20(22-3)23-14-15-8-7-9-16(12-15)25-4/h5-12,18H,13-14H2,1-4H3,(H2,22,23,24). The summed E-state index contributed by atoms with van der Waals surface area (Å²) >= 11 is 0. The molecule has 1 aliphatic rings. The third-order valence-corrected chi connectivity index (χ3v) is 4.51. The molecule has 1 aliphatic heterocycles. The molecule has 2 aromatic carbocycles. The van der Waals surface area contributed by atoms with Crippen molar-refractivity contribution in [3.8, 4) is 11.5 Å². The summed E-state index contributed by atoms with van der Waals surface area (Å²) in [6, 6.07) is 16.3. The number of methoxy groups -OCH3 is 1. The third-order valence-electron chi connectivity index (χ3n) is 4.51. The Bertz CT molecular complexity index is 786. The van der Waals surface area contributed by atoms with Crippen LogP contribution in [0.15, 0.2) is 53.5 Å². The third kappa shape index (κ3) is 4.28. The molecule has 0 saturated heterocycles. The van der Waals surface area contributed by atoms with Crippen LogP contribution in [-0.4, -0.2) is 25.7 Å². The molecule has 0 spiro atoms. The summed E-state index contributed by atoms with van der Waals surface area (Å²) in [6.45, 7) is 4.90. The van der Waals surface area contributed by atoms with Crippen molar-refractivity contribution in [3.05, 3.63) is 59.7 Å². The molecule has 0 radical (unpaired) electrons. The molecular weight excluding hydrogens is 326 g/mol. The zero-order valence-electron chi connectivity index (χ0n) is 15.9. The fourth-order valence-electron chi connectivity index (χ4n) is 3.26. The normalized spacial score (nSPS) is 18.5. The molecule has 3 rings (SSSR count). The lowest BCUT2D eigenvalue weighted by atomic mass is 9.90. The number of guanidine groups is 1. The molecule has 26 heavy (non-hydrogen) atoms. The summed E-state index contributed by atoms with van der Waals surface area (Å²) in [5, 5.41) is 6.93. The van der Waals surface area contributed by atoms with E-state index in [1.165, 1.54) is 0 Å². The number of hydrogen-bond donors (Lipinski definition) is 2. The molecule has 2 N–H and O–H groups in total. The summed E-state index contributed by atoms with van der Waals surface area (Å²) in [6.07, 6.45) is 0.865. The van der Waals surface area contributed by atoms with Gasteiger partial charge in [0.15, 0.2) is 5.96 Å². The number of nitrogens with zero attached hydrogens (tertiary/aromatic N) is 1. The average Bonchev–Trinajstić information content (AvgIpc) is 2.64. The molecule has 0 bridgehead atoms. The summed E-state index contributed by atoms with van der Waals surface area (Å²) in [5.41, 5.74) is 2.08. The van der Waals surface area contributed by atoms with Gasteiger partial charge in [-0.2, -0.15) is 0 Å². The largest absolute Gasteiger partial charge is 0.497 e. The Labute approximate surface area is 155 Å². The first-order valence-electron chi connectivity index (χ1n) is 8.89. The Hall–Kier alpha value is -2.69. The maximum atomic E-state index is 6.11. The molecule has 5 heteroatoms. The van der Waals surface area contributed by atoms with E-state index in [4.69, 9.17) is 9.47 Å². The summed E-state index contributed by atoms with van der Waals surface area (Å²) < 4.78 is 11.4. The number of para-hydroxylation sites is 1. The van der Waals surface area contributed by atoms with E-state index in [0.717, 1.165) is 35.0 Å². The van der Waals surface area contributed by atoms with Gasteiger partial charge in [0.1, 0.15) is 17.1 Å². The van der Waals surface area contributed by atoms with Gasteiger partial charge in [0.05, 0.1) is 13.2 Å². The number of rotatable bonds is 4. The summed E-state index contributed by atoms with van der Waals surface area (Å²) in [7, 11) is 3.47. The van der Waals surface area contributed by atoms with Crippen LogP contribution in [0.4, 0.5) is 0 Å². The van der Waals surface area contributed by atoms with E-state index in [2.05, 4.69) is 41.6 Å². The monoisotopic (exact) mass is 353 g/mol. The average molecular weight is 353 g/mol. The van der Waals surface area contributed by atoms with Crippen LogP contribution in [0.5, 0.6) is 11.5 Å². The molecule has 138 valence electrons. The number of ether oxygens (including phenoxy) is 2. The highest BCUT2D eigenvalue weighted by Gasteiger charge is 2.33. The van der Waals surface area contributed by atoms with Crippen molar-refractivity contribution in [2.24, 2.45) is 4.99 Å². The van der Waals surface area contributed by atoms with Crippen molar-refractivity contribution in [2.75, 3.05) is 14.2 Å². The Morgan fingerprint density at radius 2 is 2.04 bits per heavy atom. The zero-order valence-corrected chi connectivity index (χ0v) is 15.9. The van der Waals surface area contributed by atoms with Crippen molar-refractivity contribution < 1.29 is 9.47 Å². The van der Waals surface area contributed by atoms with Crippen LogP contribution >= 0.6 is 0 Å². The predicted molar refractivity (Wildman–Crippen MR) is 105 cm³/mol. The highest BCUT2D eigenvalue weighted by atomic mass is 16.5. The zero-order chi connectivity index (χ0) is 18.6. The van der Waals surface area contributed by atoms with E-state index in [9.17, 15) is 0 Å². The first-order chi connectivity index (χ1) is 12.5. The second kappa shape index (κ2) is 7.68. The minimum atomic E-state index is -0.225. The van der Waals surface area contributed by atoms with Gasteiger partial charge in [-0.1, -0.05) is 30.3 Å². The van der Waals surface area contributed by atoms with Crippen LogP contribution in [0.1, 0.15) is 37.4 Å². The topological polar surface area (TPSA) is 54.9 Å². The maximum absolute atomic E-state index is 6.11. The Morgan fingerprint density at radius 1 is 1.23 bits per heavy atom. The fourth-order valence-corrected chi connectivity index (χ4v) is 3.26. The van der Waals surface area contributed by atoms with Crippen LogP contribution in [0.3, 0.4) is 0 Å². The molecule has 0 aliphatic carbocycles. The van der Waals surface area contributed by atoms with Crippen molar-refractivity contribution >= 4 is 5.96 Å². The molecule has 0 saturated carbocycles. The van der Waals surface area contributed by atoms with E-state index < -0.39 is 0 Å². The highest BCUT2D eigenvalue weighted by Crippen LogP contribution is 2.39. The molecule has 1 heterocycles. The van der Waals surface area contributed by atoms with Gasteiger partial charge in [-0.05, 0) is 37.6 Å². The summed E-state index contributed by atoms with van der Waals surface area (Å²) in [4.78, 5) is 4.38. The first-order valence-corrected chi connectivity index (χ1v) is 8.89. The van der Waals surface area contributed by atoms with E-state index in [0.29, 0.717) is 6.54 Å². The number of hydrogen-bond acceptors (Lipinski definition) is 3. The van der Waals surface area contributed by atoms with Crippen LogP contribution in [0.2, 0.25) is 0 Å². The molecule has 1 atom stereocenters. The van der Waals surface area contributed by atoms with E-state index in [1.807, 2.05) is 36.4 Å². The fraction of sp³-hybridized carbons (Fsp3) is 0.381. The van der Waals surface area contributed by atoms with Crippen molar-refractivity contribution in [1.82, 2.24) is 10.6 Å². The summed E-state index contributed by atoms with van der Waals surface area (Å²) in [5.74, 6) is 2.56. The first kappa shape index (κ1) is 18.1. The van der Waals surface area contributed by atoms with E-state index in [1.54, 1.807) is 14.2 Å². The quantitative estimate of drug-likeness (QED) is 0.651. The molecule has 0 fully saturated rings. The lowest BCUT2D eigenvalue weighted by molar-refractivity contribution is 0.0694. The molecule has 0 amide bonds. The molecule has 0 aromatic heterocycles. The lowest BCUT2D eigenvalue weighted by Gasteiger charge is -2.38. The smallest absolute Gasteiger partial charge is 0.191 e. The van der Waals surface area contributed by atoms with E-state index in [-0.39, 0.29) is 11.6 Å². The highest BCUT2D eigenvalue weighted by molar-refractivity contribution is 5.80. The van der Waals surface area contributed by atoms with Crippen molar-refractivity contribution in [3.63, 3.8) is 0 Å². The molecule has 1 unspecified atom stereocenters. The van der Waals surface area contributed by atoms with Gasteiger partial charge in [0, 0.05) is 25.6 Å². The molecular formula is C21H27N3O2. The second-order valence-corrected chi connectivity index (χ2v) is 7.08. The van der Waals surface area contributed by atoms with Gasteiger partial charge in [-0.15, -0.1) is 0 Å². The number of benzene rings is 2. The lowest BCUT2D eigenvalue weighted by Crippen LogP contribution is -2.45. The van der Waals surface area contributed by atoms with Crippen molar-refractivity contribution in [2.45, 2.75) is 38.5 Å². The van der Waals surface area contributed by atoms with Gasteiger partial charge in [-0.3, -0.25) is 4.99 Å². The SMILES string of the molecule is CN=C(NCc1cccc(OC)c1)NC1CC(C)(C)Oc2ccccc21. The molecule has 5 nitrogen and oxygen atoms in total. The predicted octanol–water partition coefficient (Wildman–Crippen LogP) is 3.66. The van der Waals surface area contributed by atoms with Gasteiger partial charge < -0.3 is 20.1 Å². The van der Waals surface area contributed by atoms with Crippen LogP contribution in [0.25, 0.3) is 0 Å². The minimum absolute atomic E-state index is 0.145. The van der Waals surface area contributed by atoms with Crippen molar-refractivity contribution in [1.29, 1.82) is 0 Å². The van der Waals surface area contributed by atoms with Crippen LogP contribution in [-0.2, 0) is 6.54 Å². The second-order valence-electron chi connectivity index (χ2n) is 7.08. The van der Waals surface area contributed by atoms with E-state index >= 15 is 0 Å². The van der Waals surface area contributed by atoms with Gasteiger partial charge in [-0.25, -0.2) is 0 Å². The Balaban J connectivity index is 1.70. The van der Waals surface area contributed by atoms with Crippen LogP contribution in [0, 0.1) is 0 Å². The Morgan fingerprint density at radius 3 is 2.81 bits per heavy atom. The Kier molecular flexibility index (Phi) is 5.35. The minimum Gasteiger partial charge on any atom is -0.497 e. The van der Waals surface area contributed by atoms with Crippen LogP contribution < -0.4 is 20.1 Å². The maximum Gasteiger partial charge on any atom is 0.191 e. The number of aliphatic imine (C=N–C) groups is 1. The molecule has 2 aromatic rings. The van der Waals surface area contributed by atoms with Gasteiger partial charge >= 0.3 is 0 Å².